The van der Waals surface area contributed by atoms with Crippen molar-refractivity contribution in [3.8, 4) is 5.75 Å². The fourth-order valence-corrected chi connectivity index (χ4v) is 6.20. The molecule has 0 bridgehead atoms. The molecule has 1 amide bonds. The second-order valence-electron chi connectivity index (χ2n) is 8.79. The first-order valence-corrected chi connectivity index (χ1v) is 13.8. The molecular formula is C27H26N4O3S2. The highest BCUT2D eigenvalue weighted by Gasteiger charge is 2.18. The van der Waals surface area contributed by atoms with Gasteiger partial charge in [-0.15, -0.1) is 11.3 Å². The second-order valence-corrected chi connectivity index (χ2v) is 10.7. The fourth-order valence-electron chi connectivity index (χ4n) is 4.49. The largest absolute Gasteiger partial charge is 0.493 e. The molecule has 0 spiro atoms. The highest BCUT2D eigenvalue weighted by Crippen LogP contribution is 2.34. The molecule has 36 heavy (non-hydrogen) atoms. The minimum absolute atomic E-state index is 0.224. The average Bonchev–Trinajstić information content (AvgIpc) is 3.55. The number of ether oxygens (including phenoxy) is 2. The number of morpholine rings is 1. The Kier molecular flexibility index (Phi) is 6.78. The number of aromatic nitrogens is 2. The Labute approximate surface area is 216 Å². The van der Waals surface area contributed by atoms with Crippen molar-refractivity contribution in [2.45, 2.75) is 12.8 Å². The summed E-state index contributed by atoms with van der Waals surface area (Å²) >= 11 is 3.05. The van der Waals surface area contributed by atoms with Crippen LogP contribution in [0.4, 0.5) is 5.13 Å². The van der Waals surface area contributed by atoms with Crippen LogP contribution in [0.1, 0.15) is 23.2 Å². The van der Waals surface area contributed by atoms with Crippen molar-refractivity contribution in [2.24, 2.45) is 0 Å². The molecular weight excluding hydrogens is 492 g/mol. The van der Waals surface area contributed by atoms with Gasteiger partial charge in [0.05, 0.1) is 45.8 Å². The third-order valence-corrected chi connectivity index (χ3v) is 8.19. The molecule has 6 rings (SSSR count). The van der Waals surface area contributed by atoms with E-state index in [1.54, 1.807) is 11.3 Å². The molecule has 0 saturated carbocycles. The number of thiazole rings is 2. The molecule has 1 fully saturated rings. The van der Waals surface area contributed by atoms with Gasteiger partial charge in [0.1, 0.15) is 11.3 Å². The zero-order valence-corrected chi connectivity index (χ0v) is 21.4. The Morgan fingerprint density at radius 2 is 1.92 bits per heavy atom. The van der Waals surface area contributed by atoms with Crippen molar-refractivity contribution in [1.29, 1.82) is 0 Å². The molecule has 5 aromatic rings. The van der Waals surface area contributed by atoms with E-state index in [2.05, 4.69) is 20.2 Å². The lowest BCUT2D eigenvalue weighted by Crippen LogP contribution is -2.36. The van der Waals surface area contributed by atoms with Crippen molar-refractivity contribution >= 4 is 64.9 Å². The fraction of sp³-hybridized carbons (Fsp3) is 0.296. The lowest BCUT2D eigenvalue weighted by Gasteiger charge is -2.26. The molecule has 1 saturated heterocycles. The van der Waals surface area contributed by atoms with Crippen LogP contribution in [-0.4, -0.2) is 60.2 Å². The van der Waals surface area contributed by atoms with E-state index >= 15 is 0 Å². The van der Waals surface area contributed by atoms with Crippen LogP contribution in [0, 0.1) is 0 Å². The van der Waals surface area contributed by atoms with E-state index in [0.29, 0.717) is 23.1 Å². The molecule has 7 nitrogen and oxygen atoms in total. The Morgan fingerprint density at radius 1 is 1.08 bits per heavy atom. The summed E-state index contributed by atoms with van der Waals surface area (Å²) in [5, 5.41) is 5.60. The molecule has 0 atom stereocenters. The Balaban J connectivity index is 1.19. The van der Waals surface area contributed by atoms with E-state index < -0.39 is 0 Å². The minimum Gasteiger partial charge on any atom is -0.493 e. The summed E-state index contributed by atoms with van der Waals surface area (Å²) in [6.45, 7) is 5.23. The van der Waals surface area contributed by atoms with Gasteiger partial charge in [0.25, 0.3) is 5.91 Å². The molecule has 2 aromatic heterocycles. The van der Waals surface area contributed by atoms with Crippen LogP contribution in [0.15, 0.2) is 54.0 Å². The summed E-state index contributed by atoms with van der Waals surface area (Å²) in [7, 11) is 0. The van der Waals surface area contributed by atoms with E-state index in [4.69, 9.17) is 9.47 Å². The predicted molar refractivity (Wildman–Crippen MR) is 147 cm³/mol. The molecule has 0 radical (unpaired) electrons. The van der Waals surface area contributed by atoms with Crippen LogP contribution in [0.3, 0.4) is 0 Å². The van der Waals surface area contributed by atoms with Gasteiger partial charge in [0.15, 0.2) is 5.13 Å². The number of nitrogens with one attached hydrogen (secondary N) is 1. The summed E-state index contributed by atoms with van der Waals surface area (Å²) < 4.78 is 13.7. The van der Waals surface area contributed by atoms with E-state index in [1.807, 2.05) is 54.0 Å². The van der Waals surface area contributed by atoms with Crippen molar-refractivity contribution in [3.05, 3.63) is 59.6 Å². The van der Waals surface area contributed by atoms with E-state index in [-0.39, 0.29) is 5.91 Å². The van der Waals surface area contributed by atoms with E-state index in [1.165, 1.54) is 11.3 Å². The monoisotopic (exact) mass is 518 g/mol. The van der Waals surface area contributed by atoms with Gasteiger partial charge in [-0.2, -0.15) is 0 Å². The molecule has 1 aliphatic rings. The minimum atomic E-state index is -0.224. The summed E-state index contributed by atoms with van der Waals surface area (Å²) in [6.07, 6.45) is 1.97. The normalized spacial score (nSPS) is 14.6. The number of hydrogen-bond acceptors (Lipinski definition) is 8. The van der Waals surface area contributed by atoms with Gasteiger partial charge in [-0.1, -0.05) is 35.6 Å². The van der Waals surface area contributed by atoms with E-state index in [0.717, 1.165) is 76.9 Å². The van der Waals surface area contributed by atoms with Gasteiger partial charge in [0, 0.05) is 13.1 Å². The third kappa shape index (κ3) is 4.92. The maximum atomic E-state index is 13.4. The average molecular weight is 519 g/mol. The smallest absolute Gasteiger partial charge is 0.261 e. The molecule has 184 valence electrons. The topological polar surface area (TPSA) is 76.6 Å². The van der Waals surface area contributed by atoms with Crippen LogP contribution in [-0.2, 0) is 4.74 Å². The van der Waals surface area contributed by atoms with Gasteiger partial charge in [-0.3, -0.25) is 15.0 Å². The lowest BCUT2D eigenvalue weighted by atomic mass is 10.1. The van der Waals surface area contributed by atoms with Crippen LogP contribution < -0.4 is 10.1 Å². The molecule has 1 aliphatic heterocycles. The highest BCUT2D eigenvalue weighted by atomic mass is 32.1. The highest BCUT2D eigenvalue weighted by molar-refractivity contribution is 7.24. The third-order valence-electron chi connectivity index (χ3n) is 6.40. The van der Waals surface area contributed by atoms with Crippen molar-refractivity contribution < 1.29 is 14.3 Å². The summed E-state index contributed by atoms with van der Waals surface area (Å²) in [6, 6.07) is 15.9. The summed E-state index contributed by atoms with van der Waals surface area (Å²) in [5.41, 5.74) is 4.12. The number of unbranched alkanes of at least 4 members (excludes halogenated alkanes) is 1. The maximum Gasteiger partial charge on any atom is 0.261 e. The first kappa shape index (κ1) is 23.3. The molecule has 9 heteroatoms. The van der Waals surface area contributed by atoms with Gasteiger partial charge >= 0.3 is 0 Å². The SMILES string of the molecule is O=C(Nc1nc2ccc3scnc3c2s1)c1cc2ccccc2cc1OCCCCN1CCOCC1. The second kappa shape index (κ2) is 10.5. The number of benzene rings is 3. The predicted octanol–water partition coefficient (Wildman–Crippen LogP) is 5.80. The first-order valence-electron chi connectivity index (χ1n) is 12.1. The zero-order chi connectivity index (χ0) is 24.3. The van der Waals surface area contributed by atoms with Crippen molar-refractivity contribution in [2.75, 3.05) is 44.8 Å². The number of hydrogen-bond donors (Lipinski definition) is 1. The lowest BCUT2D eigenvalue weighted by molar-refractivity contribution is 0.0368. The summed E-state index contributed by atoms with van der Waals surface area (Å²) in [4.78, 5) is 24.9. The Hall–Kier alpha value is -3.11. The van der Waals surface area contributed by atoms with Gasteiger partial charge in [-0.25, -0.2) is 9.97 Å². The van der Waals surface area contributed by atoms with Gasteiger partial charge in [0.2, 0.25) is 0 Å². The molecule has 0 unspecified atom stereocenters. The number of amides is 1. The number of carbonyl (C=O) groups is 1. The number of carbonyl (C=O) groups excluding carboxylic acids is 1. The standard InChI is InChI=1S/C27H26N4O3S2/c32-26(30-27-29-21-7-8-23-24(25(21)36-27)28-17-35-23)20-15-18-5-1-2-6-19(18)16-22(20)34-12-4-3-9-31-10-13-33-14-11-31/h1-2,5-8,15-17H,3-4,9-14H2,(H,29,30,32). The van der Waals surface area contributed by atoms with Crippen molar-refractivity contribution in [1.82, 2.24) is 14.9 Å². The van der Waals surface area contributed by atoms with Gasteiger partial charge < -0.3 is 9.47 Å². The number of rotatable bonds is 8. The Bertz CT molecular complexity index is 1520. The number of fused-ring (bicyclic) bond motifs is 4. The molecule has 1 N–H and O–H groups in total. The number of anilines is 1. The molecule has 3 heterocycles. The first-order chi connectivity index (χ1) is 17.7. The quantitative estimate of drug-likeness (QED) is 0.262. The van der Waals surface area contributed by atoms with Crippen molar-refractivity contribution in [3.63, 3.8) is 0 Å². The molecule has 3 aromatic carbocycles. The summed E-state index contributed by atoms with van der Waals surface area (Å²) in [5.74, 6) is 0.373. The zero-order valence-electron chi connectivity index (χ0n) is 19.7. The number of nitrogens with zero attached hydrogens (tertiary/aromatic N) is 3. The van der Waals surface area contributed by atoms with Gasteiger partial charge in [-0.05, 0) is 54.4 Å². The maximum absolute atomic E-state index is 13.4. The Morgan fingerprint density at radius 3 is 2.78 bits per heavy atom. The van der Waals surface area contributed by atoms with Crippen LogP contribution in [0.2, 0.25) is 0 Å². The molecule has 0 aliphatic carbocycles. The van der Waals surface area contributed by atoms with E-state index in [9.17, 15) is 4.79 Å². The van der Waals surface area contributed by atoms with Crippen LogP contribution in [0.25, 0.3) is 31.2 Å². The van der Waals surface area contributed by atoms with Crippen LogP contribution in [0.5, 0.6) is 5.75 Å². The van der Waals surface area contributed by atoms with Crippen LogP contribution >= 0.6 is 22.7 Å².